The number of anilines is 2. The molecule has 0 aliphatic carbocycles. The van der Waals surface area contributed by atoms with Gasteiger partial charge < -0.3 is 15.0 Å². The number of ether oxygens (including phenoxy) is 1. The molecule has 0 fully saturated rings. The second-order valence-electron chi connectivity index (χ2n) is 10.4. The smallest absolute Gasteiger partial charge is 0.226 e. The van der Waals surface area contributed by atoms with E-state index in [0.717, 1.165) is 39.0 Å². The Morgan fingerprint density at radius 1 is 1.00 bits per heavy atom. The third-order valence-corrected chi connectivity index (χ3v) is 8.18. The van der Waals surface area contributed by atoms with Gasteiger partial charge in [-0.15, -0.1) is 0 Å². The third-order valence-electron chi connectivity index (χ3n) is 6.05. The van der Waals surface area contributed by atoms with Crippen molar-refractivity contribution in [3.05, 3.63) is 78.6 Å². The number of amides is 1. The zero-order valence-corrected chi connectivity index (χ0v) is 24.1. The van der Waals surface area contributed by atoms with Crippen LogP contribution in [0, 0.1) is 11.8 Å². The molecule has 3 aromatic carbocycles. The molecule has 4 rings (SSSR count). The normalized spacial score (nSPS) is 12.9. The average molecular weight is 535 g/mol. The van der Waals surface area contributed by atoms with Gasteiger partial charge in [0.2, 0.25) is 5.91 Å². The fourth-order valence-electron chi connectivity index (χ4n) is 4.24. The monoisotopic (exact) mass is 534 g/mol. The molecule has 1 aliphatic heterocycles. The van der Waals surface area contributed by atoms with Crippen molar-refractivity contribution in [1.29, 1.82) is 0 Å². The molecule has 1 aliphatic rings. The van der Waals surface area contributed by atoms with E-state index in [1.165, 1.54) is 0 Å². The summed E-state index contributed by atoms with van der Waals surface area (Å²) in [5.41, 5.74) is 3.92. The summed E-state index contributed by atoms with van der Waals surface area (Å²) in [6.45, 7) is 13.4. The number of carbonyl (C=O) groups is 1. The molecule has 38 heavy (non-hydrogen) atoms. The molecule has 0 aromatic heterocycles. The molecule has 1 amide bonds. The highest BCUT2D eigenvalue weighted by Gasteiger charge is 2.20. The molecular formula is C31H38N2O4S. The Labute approximate surface area is 226 Å². The molecule has 0 spiro atoms. The van der Waals surface area contributed by atoms with Crippen LogP contribution in [-0.4, -0.2) is 34.2 Å². The highest BCUT2D eigenvalue weighted by molar-refractivity contribution is 7.91. The van der Waals surface area contributed by atoms with E-state index in [1.54, 1.807) is 6.07 Å². The molecule has 0 unspecified atom stereocenters. The molecule has 6 nitrogen and oxygen atoms in total. The summed E-state index contributed by atoms with van der Waals surface area (Å²) in [7, 11) is 0.678. The van der Waals surface area contributed by atoms with Crippen LogP contribution in [0.15, 0.2) is 77.9 Å². The zero-order chi connectivity index (χ0) is 28.2. The van der Waals surface area contributed by atoms with Crippen LogP contribution >= 0.6 is 0 Å². The van der Waals surface area contributed by atoms with Gasteiger partial charge >= 0.3 is 0 Å². The van der Waals surface area contributed by atoms with Gasteiger partial charge in [0.15, 0.2) is 9.84 Å². The van der Waals surface area contributed by atoms with Gasteiger partial charge in [0, 0.05) is 53.8 Å². The minimum absolute atomic E-state index is 0.00292. The SMILES string of the molecule is C=C1C=C(C)c2ccc(NC(=O)C(C)C)cc2O1.CC(C)CS(=O)(=O)c1cccc2c(N(C)C)cccc12. The summed E-state index contributed by atoms with van der Waals surface area (Å²) >= 11 is 0. The van der Waals surface area contributed by atoms with Crippen molar-refractivity contribution in [3.63, 3.8) is 0 Å². The molecule has 0 saturated carbocycles. The van der Waals surface area contributed by atoms with E-state index >= 15 is 0 Å². The molecule has 3 aromatic rings. The van der Waals surface area contributed by atoms with Crippen molar-refractivity contribution in [2.75, 3.05) is 30.1 Å². The highest BCUT2D eigenvalue weighted by Crippen LogP contribution is 2.35. The maximum Gasteiger partial charge on any atom is 0.226 e. The van der Waals surface area contributed by atoms with Crippen LogP contribution in [0.2, 0.25) is 0 Å². The third kappa shape index (κ3) is 6.84. The second-order valence-corrected chi connectivity index (χ2v) is 12.5. The summed E-state index contributed by atoms with van der Waals surface area (Å²) in [5.74, 6) is 1.61. The van der Waals surface area contributed by atoms with E-state index in [0.29, 0.717) is 10.7 Å². The molecule has 1 N–H and O–H groups in total. The van der Waals surface area contributed by atoms with Crippen LogP contribution in [-0.2, 0) is 14.6 Å². The number of sulfone groups is 1. The molecule has 202 valence electrons. The Hall–Kier alpha value is -3.58. The lowest BCUT2D eigenvalue weighted by Crippen LogP contribution is -2.17. The number of rotatable bonds is 6. The second kappa shape index (κ2) is 11.9. The maximum absolute atomic E-state index is 12.5. The molecule has 7 heteroatoms. The van der Waals surface area contributed by atoms with E-state index in [2.05, 4.69) is 11.9 Å². The van der Waals surface area contributed by atoms with Gasteiger partial charge in [0.1, 0.15) is 11.5 Å². The van der Waals surface area contributed by atoms with E-state index in [9.17, 15) is 13.2 Å². The van der Waals surface area contributed by atoms with Gasteiger partial charge in [-0.05, 0) is 48.8 Å². The molecular weight excluding hydrogens is 496 g/mol. The van der Waals surface area contributed by atoms with Crippen LogP contribution in [0.1, 0.15) is 40.2 Å². The Morgan fingerprint density at radius 2 is 1.66 bits per heavy atom. The van der Waals surface area contributed by atoms with Gasteiger partial charge in [-0.2, -0.15) is 0 Å². The Balaban J connectivity index is 0.000000212. The lowest BCUT2D eigenvalue weighted by Gasteiger charge is -2.19. The van der Waals surface area contributed by atoms with Crippen LogP contribution in [0.5, 0.6) is 5.75 Å². The van der Waals surface area contributed by atoms with Gasteiger partial charge in [0.05, 0.1) is 10.6 Å². The topological polar surface area (TPSA) is 75.7 Å². The number of allylic oxidation sites excluding steroid dienone is 2. The number of carbonyl (C=O) groups excluding carboxylic acids is 1. The Kier molecular flexibility index (Phi) is 9.05. The van der Waals surface area contributed by atoms with Crippen molar-refractivity contribution >= 4 is 43.5 Å². The lowest BCUT2D eigenvalue weighted by molar-refractivity contribution is -0.118. The minimum atomic E-state index is -3.25. The predicted molar refractivity (Wildman–Crippen MR) is 158 cm³/mol. The van der Waals surface area contributed by atoms with E-state index in [1.807, 2.05) is 108 Å². The molecule has 0 bridgehead atoms. The van der Waals surface area contributed by atoms with Crippen molar-refractivity contribution < 1.29 is 17.9 Å². The van der Waals surface area contributed by atoms with Crippen LogP contribution < -0.4 is 15.0 Å². The predicted octanol–water partition coefficient (Wildman–Crippen LogP) is 6.93. The van der Waals surface area contributed by atoms with E-state index in [4.69, 9.17) is 4.74 Å². The summed E-state index contributed by atoms with van der Waals surface area (Å²) in [6.07, 6.45) is 1.90. The quantitative estimate of drug-likeness (QED) is 0.371. The first-order chi connectivity index (χ1) is 17.8. The van der Waals surface area contributed by atoms with E-state index in [-0.39, 0.29) is 23.5 Å². The first-order valence-corrected chi connectivity index (χ1v) is 14.4. The average Bonchev–Trinajstić information content (AvgIpc) is 2.82. The van der Waals surface area contributed by atoms with Crippen LogP contribution in [0.3, 0.4) is 0 Å². The fraction of sp³-hybridized carbons (Fsp3) is 0.323. The van der Waals surface area contributed by atoms with Crippen molar-refractivity contribution in [3.8, 4) is 5.75 Å². The maximum atomic E-state index is 12.5. The number of benzene rings is 3. The lowest BCUT2D eigenvalue weighted by atomic mass is 10.0. The van der Waals surface area contributed by atoms with Crippen LogP contribution in [0.25, 0.3) is 16.3 Å². The molecule has 0 atom stereocenters. The number of nitrogens with one attached hydrogen (secondary N) is 1. The number of hydrogen-bond donors (Lipinski definition) is 1. The van der Waals surface area contributed by atoms with Crippen LogP contribution in [0.4, 0.5) is 11.4 Å². The first kappa shape index (κ1) is 29.0. The standard InChI is InChI=1S/C16H21NO2S.C15H17NO2/c1-12(2)11-20(18,19)16-10-6-7-13-14(16)8-5-9-15(13)17(3)4;1-9(2)15(17)16-12-5-6-13-10(3)7-11(4)18-14(13)8-12/h5-10,12H,11H2,1-4H3;5-9H,4H2,1-3H3,(H,16,17). The van der Waals surface area contributed by atoms with Gasteiger partial charge in [-0.25, -0.2) is 8.42 Å². The van der Waals surface area contributed by atoms with Gasteiger partial charge in [-0.3, -0.25) is 4.79 Å². The van der Waals surface area contributed by atoms with Gasteiger partial charge in [0.25, 0.3) is 0 Å². The van der Waals surface area contributed by atoms with Crippen molar-refractivity contribution in [2.24, 2.45) is 11.8 Å². The summed E-state index contributed by atoms with van der Waals surface area (Å²) in [6, 6.07) is 17.0. The zero-order valence-electron chi connectivity index (χ0n) is 23.3. The first-order valence-electron chi connectivity index (χ1n) is 12.7. The Bertz CT molecular complexity index is 1490. The fourth-order valence-corrected chi connectivity index (χ4v) is 6.10. The van der Waals surface area contributed by atoms with Crippen molar-refractivity contribution in [1.82, 2.24) is 0 Å². The summed E-state index contributed by atoms with van der Waals surface area (Å²) < 4.78 is 30.6. The largest absolute Gasteiger partial charge is 0.457 e. The summed E-state index contributed by atoms with van der Waals surface area (Å²) in [4.78, 5) is 14.1. The summed E-state index contributed by atoms with van der Waals surface area (Å²) in [5, 5.41) is 4.63. The van der Waals surface area contributed by atoms with E-state index < -0.39 is 9.84 Å². The Morgan fingerprint density at radius 3 is 2.29 bits per heavy atom. The number of hydrogen-bond acceptors (Lipinski definition) is 5. The number of fused-ring (bicyclic) bond motifs is 2. The van der Waals surface area contributed by atoms with Crippen molar-refractivity contribution in [2.45, 2.75) is 39.5 Å². The van der Waals surface area contributed by atoms with Gasteiger partial charge in [-0.1, -0.05) is 58.5 Å². The molecule has 1 heterocycles. The number of nitrogens with zero attached hydrogens (tertiary/aromatic N) is 1. The molecule has 0 radical (unpaired) electrons. The minimum Gasteiger partial charge on any atom is -0.457 e. The highest BCUT2D eigenvalue weighted by atomic mass is 32.2. The molecule has 0 saturated heterocycles.